The quantitative estimate of drug-likeness (QED) is 0.373. The minimum Gasteiger partial charge on any atom is -0.370 e. The molecule has 0 bridgehead atoms. The molecule has 1 saturated heterocycles. The molecule has 3 aromatic carbocycles. The van der Waals surface area contributed by atoms with Crippen molar-refractivity contribution >= 4 is 28.1 Å². The van der Waals surface area contributed by atoms with Crippen LogP contribution < -0.4 is 9.80 Å². The largest absolute Gasteiger partial charge is 0.370 e. The van der Waals surface area contributed by atoms with E-state index in [9.17, 15) is 4.79 Å². The lowest BCUT2D eigenvalue weighted by atomic mass is 9.86. The van der Waals surface area contributed by atoms with E-state index in [-0.39, 0.29) is 5.78 Å². The van der Waals surface area contributed by atoms with Crippen molar-refractivity contribution in [3.8, 4) is 11.3 Å². The van der Waals surface area contributed by atoms with Crippen LogP contribution in [0, 0.1) is 0 Å². The Labute approximate surface area is 187 Å². The molecular weight excluding hydrogens is 398 g/mol. The van der Waals surface area contributed by atoms with Gasteiger partial charge in [0, 0.05) is 37.8 Å². The van der Waals surface area contributed by atoms with Crippen molar-refractivity contribution in [2.24, 2.45) is 0 Å². The molecule has 1 aliphatic heterocycles. The molecule has 1 fully saturated rings. The summed E-state index contributed by atoms with van der Waals surface area (Å²) in [5.41, 5.74) is 6.23. The monoisotopic (exact) mass is 423 g/mol. The van der Waals surface area contributed by atoms with Gasteiger partial charge in [-0.25, -0.2) is 0 Å². The van der Waals surface area contributed by atoms with E-state index >= 15 is 0 Å². The van der Waals surface area contributed by atoms with Crippen LogP contribution >= 0.6 is 0 Å². The average Bonchev–Trinajstić information content (AvgIpc) is 3.29. The summed E-state index contributed by atoms with van der Waals surface area (Å²) in [6, 6.07) is 20.2. The Morgan fingerprint density at radius 2 is 1.69 bits per heavy atom. The molecule has 0 amide bonds. The smallest absolute Gasteiger partial charge is 0.196 e. The van der Waals surface area contributed by atoms with Crippen LogP contribution in [0.4, 0.5) is 11.4 Å². The summed E-state index contributed by atoms with van der Waals surface area (Å²) < 4.78 is 5.91. The average molecular weight is 424 g/mol. The van der Waals surface area contributed by atoms with Gasteiger partial charge in [0.05, 0.1) is 22.3 Å². The predicted octanol–water partition coefficient (Wildman–Crippen LogP) is 5.67. The summed E-state index contributed by atoms with van der Waals surface area (Å²) in [6.07, 6.45) is 3.60. The molecule has 0 spiro atoms. The van der Waals surface area contributed by atoms with Crippen molar-refractivity contribution in [1.29, 1.82) is 0 Å². The fourth-order valence-corrected chi connectivity index (χ4v) is 5.14. The van der Waals surface area contributed by atoms with Crippen molar-refractivity contribution in [2.45, 2.75) is 25.8 Å². The number of hydrogen-bond donors (Lipinski definition) is 0. The van der Waals surface area contributed by atoms with Crippen LogP contribution in [0.2, 0.25) is 0 Å². The van der Waals surface area contributed by atoms with Gasteiger partial charge in [-0.05, 0) is 30.9 Å². The third-order valence-corrected chi connectivity index (χ3v) is 6.73. The van der Waals surface area contributed by atoms with Crippen molar-refractivity contribution in [2.75, 3.05) is 29.9 Å². The molecule has 0 saturated carbocycles. The van der Waals surface area contributed by atoms with Gasteiger partial charge in [-0.3, -0.25) is 4.79 Å². The van der Waals surface area contributed by atoms with Crippen molar-refractivity contribution < 1.29 is 9.32 Å². The number of carbonyl (C=O) groups excluding carboxylic acids is 1. The molecule has 5 heteroatoms. The number of nitrogens with zero attached hydrogens (tertiary/aromatic N) is 3. The zero-order valence-electron chi connectivity index (χ0n) is 18.2. The number of piperidine rings is 1. The number of aromatic nitrogens is 1. The predicted molar refractivity (Wildman–Crippen MR) is 127 cm³/mol. The Hall–Kier alpha value is -3.60. The van der Waals surface area contributed by atoms with Crippen LogP contribution in [0.3, 0.4) is 0 Å². The number of ketones is 1. The van der Waals surface area contributed by atoms with Gasteiger partial charge in [-0.15, -0.1) is 0 Å². The molecule has 32 heavy (non-hydrogen) atoms. The Morgan fingerprint density at radius 1 is 0.969 bits per heavy atom. The SMILES string of the molecule is CN(Cc1ccccc1)c1cc(N2CCCCC2)c2noc3c2c1C(=O)c1ccccc1-3. The molecule has 1 aromatic heterocycles. The summed E-state index contributed by atoms with van der Waals surface area (Å²) in [5.74, 6) is 0.750. The first-order valence-corrected chi connectivity index (χ1v) is 11.3. The maximum atomic E-state index is 13.7. The van der Waals surface area contributed by atoms with E-state index in [2.05, 4.69) is 52.3 Å². The Morgan fingerprint density at radius 3 is 2.47 bits per heavy atom. The van der Waals surface area contributed by atoms with E-state index in [1.807, 2.05) is 30.3 Å². The van der Waals surface area contributed by atoms with Gasteiger partial charge < -0.3 is 14.3 Å². The van der Waals surface area contributed by atoms with Crippen molar-refractivity contribution in [3.05, 3.63) is 77.4 Å². The molecule has 1 aliphatic carbocycles. The number of carbonyl (C=O) groups is 1. The fourth-order valence-electron chi connectivity index (χ4n) is 5.14. The summed E-state index contributed by atoms with van der Waals surface area (Å²) in [5, 5.41) is 5.35. The van der Waals surface area contributed by atoms with Crippen molar-refractivity contribution in [1.82, 2.24) is 5.16 Å². The second-order valence-corrected chi connectivity index (χ2v) is 8.79. The van der Waals surface area contributed by atoms with Crippen LogP contribution in [0.5, 0.6) is 0 Å². The molecule has 0 N–H and O–H groups in total. The van der Waals surface area contributed by atoms with E-state index in [0.717, 1.165) is 40.9 Å². The van der Waals surface area contributed by atoms with Crippen molar-refractivity contribution in [3.63, 3.8) is 0 Å². The summed E-state index contributed by atoms with van der Waals surface area (Å²) in [4.78, 5) is 18.3. The van der Waals surface area contributed by atoms with E-state index < -0.39 is 0 Å². The van der Waals surface area contributed by atoms with Gasteiger partial charge in [0.15, 0.2) is 11.5 Å². The van der Waals surface area contributed by atoms with Gasteiger partial charge in [0.1, 0.15) is 5.52 Å². The Kier molecular flexibility index (Phi) is 4.49. The van der Waals surface area contributed by atoms with Gasteiger partial charge in [0.2, 0.25) is 0 Å². The highest BCUT2D eigenvalue weighted by Gasteiger charge is 2.34. The number of benzene rings is 3. The highest BCUT2D eigenvalue weighted by molar-refractivity contribution is 6.28. The molecule has 5 nitrogen and oxygen atoms in total. The topological polar surface area (TPSA) is 49.6 Å². The minimum atomic E-state index is 0.0430. The molecule has 2 aliphatic rings. The molecule has 2 heterocycles. The third kappa shape index (κ3) is 2.92. The molecular formula is C27H25N3O2. The summed E-state index contributed by atoms with van der Waals surface area (Å²) in [7, 11) is 2.06. The normalized spacial score (nSPS) is 15.2. The molecule has 0 atom stereocenters. The summed E-state index contributed by atoms with van der Waals surface area (Å²) in [6.45, 7) is 2.72. The van der Waals surface area contributed by atoms with Gasteiger partial charge in [-0.2, -0.15) is 0 Å². The number of fused-ring (bicyclic) bond motifs is 2. The lowest BCUT2D eigenvalue weighted by molar-refractivity contribution is 0.104. The third-order valence-electron chi connectivity index (χ3n) is 6.73. The molecule has 4 aromatic rings. The Balaban J connectivity index is 1.58. The minimum absolute atomic E-state index is 0.0430. The number of anilines is 2. The fraction of sp³-hybridized carbons (Fsp3) is 0.259. The maximum Gasteiger partial charge on any atom is 0.196 e. The standard InChI is InChI=1S/C27H25N3O2/c1-29(17-18-10-4-2-5-11-18)21-16-22(30-14-8-3-9-15-30)25-24-23(21)26(31)19-12-6-7-13-20(19)27(24)32-28-25/h2,4-7,10-13,16H,3,8-9,14-15,17H2,1H3. The first kappa shape index (κ1) is 19.1. The van der Waals surface area contributed by atoms with Crippen LogP contribution in [0.25, 0.3) is 22.2 Å². The van der Waals surface area contributed by atoms with Crippen LogP contribution in [-0.2, 0) is 6.54 Å². The van der Waals surface area contributed by atoms with Crippen LogP contribution in [0.15, 0.2) is 65.2 Å². The lowest BCUT2D eigenvalue weighted by Gasteiger charge is -2.32. The van der Waals surface area contributed by atoms with Gasteiger partial charge in [0.25, 0.3) is 0 Å². The molecule has 0 unspecified atom stereocenters. The molecule has 160 valence electrons. The number of hydrogen-bond acceptors (Lipinski definition) is 5. The first-order valence-electron chi connectivity index (χ1n) is 11.3. The molecule has 6 rings (SSSR count). The van der Waals surface area contributed by atoms with Crippen LogP contribution in [0.1, 0.15) is 40.7 Å². The van der Waals surface area contributed by atoms with E-state index in [4.69, 9.17) is 4.52 Å². The van der Waals surface area contributed by atoms with Gasteiger partial charge >= 0.3 is 0 Å². The highest BCUT2D eigenvalue weighted by atomic mass is 16.5. The lowest BCUT2D eigenvalue weighted by Crippen LogP contribution is -2.30. The maximum absolute atomic E-state index is 13.7. The zero-order valence-corrected chi connectivity index (χ0v) is 18.2. The summed E-state index contributed by atoms with van der Waals surface area (Å²) >= 11 is 0. The van der Waals surface area contributed by atoms with Gasteiger partial charge in [-0.1, -0.05) is 59.8 Å². The van der Waals surface area contributed by atoms with E-state index in [1.54, 1.807) is 0 Å². The highest BCUT2D eigenvalue weighted by Crippen LogP contribution is 2.47. The van der Waals surface area contributed by atoms with E-state index in [1.165, 1.54) is 24.8 Å². The Bertz CT molecular complexity index is 1320. The second kappa shape index (κ2) is 7.52. The van der Waals surface area contributed by atoms with Crippen LogP contribution in [-0.4, -0.2) is 31.1 Å². The van der Waals surface area contributed by atoms with E-state index in [0.29, 0.717) is 23.4 Å². The number of rotatable bonds is 4. The molecule has 0 radical (unpaired) electrons. The zero-order chi connectivity index (χ0) is 21.7. The second-order valence-electron chi connectivity index (χ2n) is 8.79. The first-order chi connectivity index (χ1) is 15.7.